The van der Waals surface area contributed by atoms with Gasteiger partial charge in [-0.1, -0.05) is 42.5 Å². The fourth-order valence-corrected chi connectivity index (χ4v) is 2.80. The Bertz CT molecular complexity index is 1050. The molecule has 0 saturated heterocycles. The molecule has 0 heterocycles. The van der Waals surface area contributed by atoms with Gasteiger partial charge in [0.15, 0.2) is 6.61 Å². The predicted molar refractivity (Wildman–Crippen MR) is 117 cm³/mol. The lowest BCUT2D eigenvalue weighted by atomic mass is 10.2. The topological polar surface area (TPSA) is 93.7 Å². The molecule has 0 saturated carbocycles. The number of anilines is 2. The van der Waals surface area contributed by atoms with Crippen molar-refractivity contribution >= 4 is 29.2 Å². The molecule has 0 fully saturated rings. The minimum Gasteiger partial charge on any atom is -0.495 e. The number of methoxy groups -OCH3 is 1. The Balaban J connectivity index is 1.48. The first-order valence-corrected chi connectivity index (χ1v) is 9.59. The van der Waals surface area contributed by atoms with Crippen LogP contribution in [0.15, 0.2) is 78.9 Å². The summed E-state index contributed by atoms with van der Waals surface area (Å²) in [6, 6.07) is 22.6. The van der Waals surface area contributed by atoms with Crippen molar-refractivity contribution in [3.05, 3.63) is 90.0 Å². The van der Waals surface area contributed by atoms with Gasteiger partial charge in [-0.2, -0.15) is 0 Å². The average Bonchev–Trinajstić information content (AvgIpc) is 2.79. The summed E-state index contributed by atoms with van der Waals surface area (Å²) in [6.07, 6.45) is 0.101. The van der Waals surface area contributed by atoms with E-state index in [1.165, 1.54) is 7.11 Å². The maximum absolute atomic E-state index is 12.4. The molecule has 0 unspecified atom stereocenters. The standard InChI is InChI=1S/C24H22N2O5/c1-30-21-10-6-5-9-20(21)26-24(29)18-11-13-19(14-12-18)25-22(27)16-31-23(28)15-17-7-3-2-4-8-17/h2-14H,15-16H2,1H3,(H,25,27)(H,26,29). The van der Waals surface area contributed by atoms with Crippen molar-refractivity contribution in [3.8, 4) is 5.75 Å². The number of carbonyl (C=O) groups excluding carboxylic acids is 3. The Morgan fingerprint density at radius 2 is 1.48 bits per heavy atom. The number of nitrogens with one attached hydrogen (secondary N) is 2. The molecule has 0 spiro atoms. The highest BCUT2D eigenvalue weighted by Gasteiger charge is 2.11. The second-order valence-corrected chi connectivity index (χ2v) is 6.60. The number of para-hydroxylation sites is 2. The molecule has 0 atom stereocenters. The summed E-state index contributed by atoms with van der Waals surface area (Å²) in [7, 11) is 1.53. The Morgan fingerprint density at radius 3 is 2.19 bits per heavy atom. The van der Waals surface area contributed by atoms with E-state index in [1.54, 1.807) is 42.5 Å². The number of carbonyl (C=O) groups is 3. The molecule has 0 aliphatic carbocycles. The van der Waals surface area contributed by atoms with E-state index >= 15 is 0 Å². The van der Waals surface area contributed by atoms with E-state index in [9.17, 15) is 14.4 Å². The molecule has 7 nitrogen and oxygen atoms in total. The molecular weight excluding hydrogens is 396 g/mol. The van der Waals surface area contributed by atoms with Gasteiger partial charge < -0.3 is 20.1 Å². The number of esters is 1. The van der Waals surface area contributed by atoms with Crippen LogP contribution < -0.4 is 15.4 Å². The third-order valence-electron chi connectivity index (χ3n) is 4.34. The maximum Gasteiger partial charge on any atom is 0.310 e. The fraction of sp³-hybridized carbons (Fsp3) is 0.125. The minimum absolute atomic E-state index is 0.101. The van der Waals surface area contributed by atoms with E-state index in [2.05, 4.69) is 10.6 Å². The predicted octanol–water partition coefficient (Wildman–Crippen LogP) is 3.67. The Kier molecular flexibility index (Phi) is 7.37. The lowest BCUT2D eigenvalue weighted by Gasteiger charge is -2.10. The van der Waals surface area contributed by atoms with Gasteiger partial charge in [0.2, 0.25) is 0 Å². The largest absolute Gasteiger partial charge is 0.495 e. The van der Waals surface area contributed by atoms with Crippen LogP contribution in [0.25, 0.3) is 0 Å². The number of ether oxygens (including phenoxy) is 2. The van der Waals surface area contributed by atoms with Crippen LogP contribution in [0, 0.1) is 0 Å². The highest BCUT2D eigenvalue weighted by atomic mass is 16.5. The second kappa shape index (κ2) is 10.6. The van der Waals surface area contributed by atoms with E-state index in [0.29, 0.717) is 22.7 Å². The number of benzene rings is 3. The van der Waals surface area contributed by atoms with Gasteiger partial charge in [-0.25, -0.2) is 0 Å². The molecule has 0 aliphatic heterocycles. The molecule has 3 aromatic rings. The lowest BCUT2D eigenvalue weighted by Crippen LogP contribution is -2.21. The molecule has 0 bridgehead atoms. The van der Waals surface area contributed by atoms with Crippen LogP contribution in [0.1, 0.15) is 15.9 Å². The van der Waals surface area contributed by atoms with Crippen molar-refractivity contribution in [3.63, 3.8) is 0 Å². The van der Waals surface area contributed by atoms with Gasteiger partial charge in [-0.05, 0) is 42.0 Å². The summed E-state index contributed by atoms with van der Waals surface area (Å²) in [5, 5.41) is 5.41. The molecule has 2 N–H and O–H groups in total. The normalized spacial score (nSPS) is 10.1. The van der Waals surface area contributed by atoms with Gasteiger partial charge in [0, 0.05) is 11.3 Å². The second-order valence-electron chi connectivity index (χ2n) is 6.60. The van der Waals surface area contributed by atoms with Crippen molar-refractivity contribution in [1.29, 1.82) is 0 Å². The molecule has 3 aromatic carbocycles. The van der Waals surface area contributed by atoms with Crippen LogP contribution in [0.2, 0.25) is 0 Å². The maximum atomic E-state index is 12.4. The highest BCUT2D eigenvalue weighted by molar-refractivity contribution is 6.05. The van der Waals surface area contributed by atoms with E-state index in [1.807, 2.05) is 36.4 Å². The van der Waals surface area contributed by atoms with Crippen LogP contribution in [0.5, 0.6) is 5.75 Å². The summed E-state index contributed by atoms with van der Waals surface area (Å²) in [5.74, 6) is -0.698. The number of amides is 2. The average molecular weight is 418 g/mol. The molecule has 3 rings (SSSR count). The van der Waals surface area contributed by atoms with E-state index in [-0.39, 0.29) is 18.9 Å². The monoisotopic (exact) mass is 418 g/mol. The Labute approximate surface area is 180 Å². The van der Waals surface area contributed by atoms with Gasteiger partial charge in [0.1, 0.15) is 5.75 Å². The third kappa shape index (κ3) is 6.43. The zero-order valence-electron chi connectivity index (χ0n) is 17.0. The number of hydrogen-bond acceptors (Lipinski definition) is 5. The molecule has 31 heavy (non-hydrogen) atoms. The van der Waals surface area contributed by atoms with E-state index < -0.39 is 11.9 Å². The Hall–Kier alpha value is -4.13. The van der Waals surface area contributed by atoms with E-state index in [4.69, 9.17) is 9.47 Å². The van der Waals surface area contributed by atoms with Crippen molar-refractivity contribution in [2.45, 2.75) is 6.42 Å². The quantitative estimate of drug-likeness (QED) is 0.545. The fourth-order valence-electron chi connectivity index (χ4n) is 2.80. The first-order valence-electron chi connectivity index (χ1n) is 9.59. The van der Waals surface area contributed by atoms with Gasteiger partial charge in [0.25, 0.3) is 11.8 Å². The molecule has 0 aromatic heterocycles. The molecule has 0 radical (unpaired) electrons. The minimum atomic E-state index is -0.482. The first-order chi connectivity index (χ1) is 15.0. The molecule has 0 aliphatic rings. The van der Waals surface area contributed by atoms with Crippen LogP contribution in [0.3, 0.4) is 0 Å². The van der Waals surface area contributed by atoms with E-state index in [0.717, 1.165) is 5.56 Å². The summed E-state index contributed by atoms with van der Waals surface area (Å²) < 4.78 is 10.2. The van der Waals surface area contributed by atoms with Crippen LogP contribution >= 0.6 is 0 Å². The molecule has 2 amide bonds. The summed E-state index contributed by atoms with van der Waals surface area (Å²) >= 11 is 0. The Morgan fingerprint density at radius 1 is 0.806 bits per heavy atom. The number of hydrogen-bond donors (Lipinski definition) is 2. The van der Waals surface area contributed by atoms with Gasteiger partial charge >= 0.3 is 5.97 Å². The molecule has 7 heteroatoms. The zero-order valence-corrected chi connectivity index (χ0v) is 17.0. The van der Waals surface area contributed by atoms with Crippen molar-refractivity contribution < 1.29 is 23.9 Å². The lowest BCUT2D eigenvalue weighted by molar-refractivity contribution is -0.146. The summed E-state index contributed by atoms with van der Waals surface area (Å²) in [6.45, 7) is -0.387. The van der Waals surface area contributed by atoms with Crippen LogP contribution in [-0.4, -0.2) is 31.5 Å². The van der Waals surface area contributed by atoms with Gasteiger partial charge in [-0.15, -0.1) is 0 Å². The van der Waals surface area contributed by atoms with Crippen LogP contribution in [-0.2, 0) is 20.7 Å². The first kappa shape index (κ1) is 21.6. The van der Waals surface area contributed by atoms with Gasteiger partial charge in [0.05, 0.1) is 19.2 Å². The molecular formula is C24H22N2O5. The molecule has 158 valence electrons. The highest BCUT2D eigenvalue weighted by Crippen LogP contribution is 2.23. The summed E-state index contributed by atoms with van der Waals surface area (Å²) in [4.78, 5) is 36.3. The van der Waals surface area contributed by atoms with Crippen molar-refractivity contribution in [1.82, 2.24) is 0 Å². The van der Waals surface area contributed by atoms with Crippen LogP contribution in [0.4, 0.5) is 11.4 Å². The number of rotatable bonds is 8. The SMILES string of the molecule is COc1ccccc1NC(=O)c1ccc(NC(=O)COC(=O)Cc2ccccc2)cc1. The third-order valence-corrected chi connectivity index (χ3v) is 4.34. The van der Waals surface area contributed by atoms with Crippen molar-refractivity contribution in [2.75, 3.05) is 24.4 Å². The zero-order chi connectivity index (χ0) is 22.1. The van der Waals surface area contributed by atoms with Gasteiger partial charge in [-0.3, -0.25) is 14.4 Å². The summed E-state index contributed by atoms with van der Waals surface area (Å²) in [5.41, 5.74) is 2.27. The van der Waals surface area contributed by atoms with Crippen molar-refractivity contribution in [2.24, 2.45) is 0 Å². The smallest absolute Gasteiger partial charge is 0.310 e.